The van der Waals surface area contributed by atoms with Gasteiger partial charge in [0, 0.05) is 49.7 Å². The van der Waals surface area contributed by atoms with Crippen LogP contribution in [0.15, 0.2) is 12.3 Å². The molecule has 0 radical (unpaired) electrons. The molecule has 1 fully saturated rings. The van der Waals surface area contributed by atoms with E-state index in [9.17, 15) is 4.79 Å². The molecule has 0 aromatic carbocycles. The number of rotatable bonds is 3. The molecule has 0 saturated carbocycles. The molecule has 8 nitrogen and oxygen atoms in total. The normalized spacial score (nSPS) is 17.0. The number of piperazine rings is 1. The molecule has 2 aliphatic rings. The summed E-state index contributed by atoms with van der Waals surface area (Å²) >= 11 is 0. The molecular formula is C16H20N6O2. The number of carbonyl (C=O) groups excluding carboxylic acids is 1. The molecule has 126 valence electrons. The molecule has 3 heterocycles. The van der Waals surface area contributed by atoms with Crippen molar-refractivity contribution in [2.24, 2.45) is 0 Å². The monoisotopic (exact) mass is 328 g/mol. The van der Waals surface area contributed by atoms with Crippen LogP contribution in [0.3, 0.4) is 0 Å². The second kappa shape index (κ2) is 6.10. The zero-order valence-corrected chi connectivity index (χ0v) is 13.7. The highest BCUT2D eigenvalue weighted by Crippen LogP contribution is 2.24. The van der Waals surface area contributed by atoms with Gasteiger partial charge < -0.3 is 14.5 Å². The summed E-state index contributed by atoms with van der Waals surface area (Å²) in [5, 5.41) is 7.25. The minimum absolute atomic E-state index is 0.0283. The summed E-state index contributed by atoms with van der Waals surface area (Å²) in [6, 6.07) is 1.72. The fourth-order valence-corrected chi connectivity index (χ4v) is 3.35. The Hall–Kier alpha value is -2.64. The number of aromatic amines is 1. The first-order chi connectivity index (χ1) is 11.8. The Morgan fingerprint density at radius 3 is 2.88 bits per heavy atom. The highest BCUT2D eigenvalue weighted by molar-refractivity contribution is 5.94. The van der Waals surface area contributed by atoms with Crippen LogP contribution in [0, 0.1) is 0 Å². The van der Waals surface area contributed by atoms with Gasteiger partial charge in [-0.05, 0) is 19.3 Å². The Bertz CT molecular complexity index is 751. The zero-order valence-electron chi connectivity index (χ0n) is 13.7. The topological polar surface area (TPSA) is 87.2 Å². The van der Waals surface area contributed by atoms with E-state index in [2.05, 4.69) is 25.1 Å². The standard InChI is InChI=1S/C16H20N6O2/c1-24-13-5-6-17-16(18-13)22-9-7-21(8-10-22)15(23)14-11-3-2-4-12(11)19-20-14/h5-6H,2-4,7-10H2,1H3,(H,19,20). The number of anilines is 1. The second-order valence-electron chi connectivity index (χ2n) is 6.06. The first kappa shape index (κ1) is 14.9. The lowest BCUT2D eigenvalue weighted by Crippen LogP contribution is -2.49. The Morgan fingerprint density at radius 2 is 2.08 bits per heavy atom. The lowest BCUT2D eigenvalue weighted by atomic mass is 10.1. The van der Waals surface area contributed by atoms with Gasteiger partial charge in [0.2, 0.25) is 11.8 Å². The van der Waals surface area contributed by atoms with Crippen LogP contribution < -0.4 is 9.64 Å². The number of hydrogen-bond donors (Lipinski definition) is 1. The maximum absolute atomic E-state index is 12.7. The number of hydrogen-bond acceptors (Lipinski definition) is 6. The number of aryl methyl sites for hydroxylation is 1. The SMILES string of the molecule is COc1ccnc(N2CCN(C(=O)c3n[nH]c4c3CCC4)CC2)n1. The van der Waals surface area contributed by atoms with Gasteiger partial charge in [-0.2, -0.15) is 10.1 Å². The van der Waals surface area contributed by atoms with Gasteiger partial charge in [-0.3, -0.25) is 9.89 Å². The Balaban J connectivity index is 1.43. The lowest BCUT2D eigenvalue weighted by molar-refractivity contribution is 0.0739. The molecule has 0 bridgehead atoms. The molecule has 2 aromatic rings. The van der Waals surface area contributed by atoms with Crippen molar-refractivity contribution in [3.63, 3.8) is 0 Å². The summed E-state index contributed by atoms with van der Waals surface area (Å²) in [5.74, 6) is 1.22. The molecule has 24 heavy (non-hydrogen) atoms. The minimum atomic E-state index is 0.0283. The minimum Gasteiger partial charge on any atom is -0.481 e. The molecule has 0 unspecified atom stereocenters. The number of nitrogens with zero attached hydrogens (tertiary/aromatic N) is 5. The van der Waals surface area contributed by atoms with E-state index in [-0.39, 0.29) is 5.91 Å². The largest absolute Gasteiger partial charge is 0.481 e. The van der Waals surface area contributed by atoms with Gasteiger partial charge in [0.25, 0.3) is 5.91 Å². The fraction of sp³-hybridized carbons (Fsp3) is 0.500. The van der Waals surface area contributed by atoms with Gasteiger partial charge >= 0.3 is 0 Å². The third-order valence-electron chi connectivity index (χ3n) is 4.69. The predicted octanol–water partition coefficient (Wildman–Crippen LogP) is 0.659. The number of aromatic nitrogens is 4. The van der Waals surface area contributed by atoms with Crippen molar-refractivity contribution in [2.75, 3.05) is 38.2 Å². The molecule has 0 atom stereocenters. The highest BCUT2D eigenvalue weighted by Gasteiger charge is 2.29. The van der Waals surface area contributed by atoms with Crippen molar-refractivity contribution in [3.8, 4) is 5.88 Å². The van der Waals surface area contributed by atoms with Crippen LogP contribution in [0.1, 0.15) is 28.2 Å². The van der Waals surface area contributed by atoms with E-state index in [1.165, 1.54) is 0 Å². The maximum Gasteiger partial charge on any atom is 0.274 e. The molecule has 8 heteroatoms. The van der Waals surface area contributed by atoms with Crippen LogP contribution >= 0.6 is 0 Å². The number of carbonyl (C=O) groups is 1. The van der Waals surface area contributed by atoms with E-state index >= 15 is 0 Å². The van der Waals surface area contributed by atoms with E-state index < -0.39 is 0 Å². The molecule has 2 aromatic heterocycles. The van der Waals surface area contributed by atoms with Gasteiger partial charge in [0.1, 0.15) is 0 Å². The van der Waals surface area contributed by atoms with Gasteiger partial charge in [0.05, 0.1) is 7.11 Å². The summed E-state index contributed by atoms with van der Waals surface area (Å²) in [6.45, 7) is 2.68. The fourth-order valence-electron chi connectivity index (χ4n) is 3.35. The van der Waals surface area contributed by atoms with Gasteiger partial charge in [-0.15, -0.1) is 0 Å². The summed E-state index contributed by atoms with van der Waals surface area (Å²) in [6.07, 6.45) is 4.73. The highest BCUT2D eigenvalue weighted by atomic mass is 16.5. The Labute approximate surface area is 139 Å². The van der Waals surface area contributed by atoms with Crippen molar-refractivity contribution in [1.82, 2.24) is 25.1 Å². The van der Waals surface area contributed by atoms with Crippen LogP contribution in [0.25, 0.3) is 0 Å². The van der Waals surface area contributed by atoms with Crippen LogP contribution in [0.4, 0.5) is 5.95 Å². The molecular weight excluding hydrogens is 308 g/mol. The van der Waals surface area contributed by atoms with Gasteiger partial charge in [-0.1, -0.05) is 0 Å². The molecule has 1 aliphatic carbocycles. The summed E-state index contributed by atoms with van der Waals surface area (Å²) in [7, 11) is 1.59. The van der Waals surface area contributed by atoms with Crippen molar-refractivity contribution in [3.05, 3.63) is 29.2 Å². The Kier molecular flexibility index (Phi) is 3.79. The second-order valence-corrected chi connectivity index (χ2v) is 6.06. The van der Waals surface area contributed by atoms with Crippen LogP contribution in [0.2, 0.25) is 0 Å². The van der Waals surface area contributed by atoms with Crippen molar-refractivity contribution in [2.45, 2.75) is 19.3 Å². The molecule has 1 saturated heterocycles. The number of ether oxygens (including phenoxy) is 1. The average Bonchev–Trinajstić information content (AvgIpc) is 3.25. The predicted molar refractivity (Wildman–Crippen MR) is 87.3 cm³/mol. The molecule has 1 N–H and O–H groups in total. The van der Waals surface area contributed by atoms with Crippen LogP contribution in [-0.4, -0.2) is 64.3 Å². The maximum atomic E-state index is 12.7. The van der Waals surface area contributed by atoms with Gasteiger partial charge in [0.15, 0.2) is 5.69 Å². The first-order valence-electron chi connectivity index (χ1n) is 8.23. The van der Waals surface area contributed by atoms with Crippen LogP contribution in [0.5, 0.6) is 5.88 Å². The molecule has 4 rings (SSSR count). The quantitative estimate of drug-likeness (QED) is 0.890. The number of nitrogens with one attached hydrogen (secondary N) is 1. The molecule has 0 spiro atoms. The number of H-pyrrole nitrogens is 1. The zero-order chi connectivity index (χ0) is 16.5. The van der Waals surface area contributed by atoms with E-state index in [0.29, 0.717) is 43.7 Å². The summed E-state index contributed by atoms with van der Waals surface area (Å²) in [5.41, 5.74) is 2.84. The summed E-state index contributed by atoms with van der Waals surface area (Å²) < 4.78 is 5.14. The average molecular weight is 328 g/mol. The third-order valence-corrected chi connectivity index (χ3v) is 4.69. The first-order valence-corrected chi connectivity index (χ1v) is 8.23. The van der Waals surface area contributed by atoms with Gasteiger partial charge in [-0.25, -0.2) is 4.98 Å². The number of amides is 1. The van der Waals surface area contributed by atoms with E-state index in [0.717, 1.165) is 30.5 Å². The lowest BCUT2D eigenvalue weighted by Gasteiger charge is -2.34. The Morgan fingerprint density at radius 1 is 1.25 bits per heavy atom. The molecule has 1 amide bonds. The van der Waals surface area contributed by atoms with Crippen LogP contribution in [-0.2, 0) is 12.8 Å². The van der Waals surface area contributed by atoms with Crippen molar-refractivity contribution >= 4 is 11.9 Å². The van der Waals surface area contributed by atoms with Crippen molar-refractivity contribution in [1.29, 1.82) is 0 Å². The number of methoxy groups -OCH3 is 1. The van der Waals surface area contributed by atoms with Crippen molar-refractivity contribution < 1.29 is 9.53 Å². The number of fused-ring (bicyclic) bond motifs is 1. The third kappa shape index (κ3) is 2.57. The molecule has 1 aliphatic heterocycles. The smallest absolute Gasteiger partial charge is 0.274 e. The summed E-state index contributed by atoms with van der Waals surface area (Å²) in [4.78, 5) is 25.3. The van der Waals surface area contributed by atoms with E-state index in [1.807, 2.05) is 4.90 Å². The van der Waals surface area contributed by atoms with E-state index in [4.69, 9.17) is 4.74 Å². The van der Waals surface area contributed by atoms with E-state index in [1.54, 1.807) is 19.4 Å².